The normalized spacial score (nSPS) is 10.8. The van der Waals surface area contributed by atoms with Gasteiger partial charge in [-0.25, -0.2) is 4.98 Å². The quantitative estimate of drug-likeness (QED) is 0.400. The molecule has 0 unspecified atom stereocenters. The third kappa shape index (κ3) is 8.85. The second-order valence-electron chi connectivity index (χ2n) is 6.03. The van der Waals surface area contributed by atoms with Gasteiger partial charge in [0.15, 0.2) is 0 Å². The van der Waals surface area contributed by atoms with Crippen molar-refractivity contribution >= 4 is 5.97 Å². The number of ether oxygens (including phenoxy) is 1. The summed E-state index contributed by atoms with van der Waals surface area (Å²) < 4.78 is 7.10. The third-order valence-electron chi connectivity index (χ3n) is 3.98. The first-order valence-corrected chi connectivity index (χ1v) is 8.86. The number of hydrogen-bond donors (Lipinski definition) is 0. The minimum atomic E-state index is -0.176. The highest BCUT2D eigenvalue weighted by molar-refractivity contribution is 5.71. The summed E-state index contributed by atoms with van der Waals surface area (Å²) in [5, 5.41) is 0. The average Bonchev–Trinajstić information content (AvgIpc) is 2.90. The maximum absolute atomic E-state index is 11.6. The van der Waals surface area contributed by atoms with Crippen LogP contribution in [0.4, 0.5) is 0 Å². The van der Waals surface area contributed by atoms with Crippen LogP contribution in [0.3, 0.4) is 0 Å². The van der Waals surface area contributed by atoms with Crippen LogP contribution in [0.15, 0.2) is 12.4 Å². The molecule has 0 fully saturated rings. The van der Waals surface area contributed by atoms with E-state index in [1.54, 1.807) is 6.20 Å². The summed E-state index contributed by atoms with van der Waals surface area (Å²) in [4.78, 5) is 15.8. The van der Waals surface area contributed by atoms with Crippen molar-refractivity contribution in [2.75, 3.05) is 6.61 Å². The molecule has 0 saturated heterocycles. The fourth-order valence-corrected chi connectivity index (χ4v) is 2.52. The molecule has 1 heterocycles. The molecule has 0 aromatic carbocycles. The van der Waals surface area contributed by atoms with Crippen molar-refractivity contribution in [1.29, 1.82) is 0 Å². The van der Waals surface area contributed by atoms with E-state index in [1.807, 2.05) is 17.8 Å². The van der Waals surface area contributed by atoms with Crippen LogP contribution in [-0.2, 0) is 23.0 Å². The lowest BCUT2D eigenvalue weighted by molar-refractivity contribution is -0.143. The topological polar surface area (TPSA) is 44.1 Å². The molecule has 0 aliphatic carbocycles. The van der Waals surface area contributed by atoms with E-state index in [1.165, 1.54) is 51.4 Å². The summed E-state index contributed by atoms with van der Waals surface area (Å²) >= 11 is 0. The predicted octanol–water partition coefficient (Wildman–Crippen LogP) is 4.43. The molecular formula is C18H32N2O2. The van der Waals surface area contributed by atoms with Crippen LogP contribution in [-0.4, -0.2) is 22.1 Å². The van der Waals surface area contributed by atoms with Crippen LogP contribution in [0.5, 0.6) is 0 Å². The summed E-state index contributed by atoms with van der Waals surface area (Å²) in [6, 6.07) is 0. The second-order valence-corrected chi connectivity index (χ2v) is 6.03. The molecule has 0 atom stereocenters. The Bertz CT molecular complexity index is 402. The van der Waals surface area contributed by atoms with E-state index < -0.39 is 0 Å². The van der Waals surface area contributed by atoms with E-state index in [0.717, 1.165) is 18.7 Å². The Labute approximate surface area is 135 Å². The molecule has 0 aliphatic heterocycles. The largest absolute Gasteiger partial charge is 0.465 e. The Hall–Kier alpha value is -1.32. The first-order valence-electron chi connectivity index (χ1n) is 8.86. The zero-order valence-corrected chi connectivity index (χ0v) is 14.4. The Kier molecular flexibility index (Phi) is 10.4. The average molecular weight is 308 g/mol. The Morgan fingerprint density at radius 2 is 1.64 bits per heavy atom. The van der Waals surface area contributed by atoms with Crippen molar-refractivity contribution in [2.24, 2.45) is 7.05 Å². The van der Waals surface area contributed by atoms with Crippen molar-refractivity contribution in [3.63, 3.8) is 0 Å². The van der Waals surface area contributed by atoms with Crippen LogP contribution in [0.1, 0.15) is 77.0 Å². The molecule has 1 rings (SSSR count). The fraction of sp³-hybridized carbons (Fsp3) is 0.778. The molecule has 0 N–H and O–H groups in total. The van der Waals surface area contributed by atoms with Crippen molar-refractivity contribution < 1.29 is 9.53 Å². The van der Waals surface area contributed by atoms with Gasteiger partial charge in [0, 0.05) is 19.4 Å². The molecule has 0 spiro atoms. The van der Waals surface area contributed by atoms with E-state index in [9.17, 15) is 4.79 Å². The number of esters is 1. The molecule has 4 nitrogen and oxygen atoms in total. The van der Waals surface area contributed by atoms with Gasteiger partial charge in [-0.15, -0.1) is 0 Å². The third-order valence-corrected chi connectivity index (χ3v) is 3.98. The Morgan fingerprint density at radius 3 is 2.18 bits per heavy atom. The lowest BCUT2D eigenvalue weighted by Gasteiger charge is -2.05. The van der Waals surface area contributed by atoms with Gasteiger partial charge >= 0.3 is 5.97 Å². The summed E-state index contributed by atoms with van der Waals surface area (Å²) in [6.07, 6.45) is 16.7. The molecule has 0 saturated carbocycles. The lowest BCUT2D eigenvalue weighted by Crippen LogP contribution is -2.12. The van der Waals surface area contributed by atoms with Gasteiger partial charge in [-0.1, -0.05) is 64.7 Å². The second kappa shape index (κ2) is 12.2. The van der Waals surface area contributed by atoms with Gasteiger partial charge in [-0.3, -0.25) is 4.79 Å². The molecule has 22 heavy (non-hydrogen) atoms. The number of nitrogens with zero attached hydrogens (tertiary/aromatic N) is 2. The summed E-state index contributed by atoms with van der Waals surface area (Å²) in [5.74, 6) is 0.582. The smallest absolute Gasteiger partial charge is 0.313 e. The molecule has 4 heteroatoms. The van der Waals surface area contributed by atoms with Gasteiger partial charge in [-0.05, 0) is 6.42 Å². The van der Waals surface area contributed by atoms with Crippen molar-refractivity contribution in [1.82, 2.24) is 9.55 Å². The maximum Gasteiger partial charge on any atom is 0.313 e. The van der Waals surface area contributed by atoms with Crippen LogP contribution >= 0.6 is 0 Å². The van der Waals surface area contributed by atoms with Gasteiger partial charge in [0.05, 0.1) is 6.61 Å². The number of aromatic nitrogens is 2. The molecule has 1 aromatic rings. The number of imidazole rings is 1. The number of unbranched alkanes of at least 4 members (excludes halogenated alkanes) is 9. The van der Waals surface area contributed by atoms with Gasteiger partial charge in [-0.2, -0.15) is 0 Å². The number of hydrogen-bond acceptors (Lipinski definition) is 3. The van der Waals surface area contributed by atoms with Gasteiger partial charge in [0.1, 0.15) is 12.2 Å². The number of carbonyl (C=O) groups excluding carboxylic acids is 1. The zero-order valence-electron chi connectivity index (χ0n) is 14.4. The zero-order chi connectivity index (χ0) is 16.0. The van der Waals surface area contributed by atoms with Crippen LogP contribution in [0.2, 0.25) is 0 Å². The van der Waals surface area contributed by atoms with E-state index in [0.29, 0.717) is 6.61 Å². The summed E-state index contributed by atoms with van der Waals surface area (Å²) in [6.45, 7) is 2.79. The maximum atomic E-state index is 11.6. The van der Waals surface area contributed by atoms with E-state index in [4.69, 9.17) is 4.74 Å². The number of rotatable bonds is 13. The predicted molar refractivity (Wildman–Crippen MR) is 89.7 cm³/mol. The molecule has 0 amide bonds. The molecule has 1 aromatic heterocycles. The van der Waals surface area contributed by atoms with Crippen LogP contribution in [0.25, 0.3) is 0 Å². The van der Waals surface area contributed by atoms with Crippen molar-refractivity contribution in [3.8, 4) is 0 Å². The number of carbonyl (C=O) groups is 1. The van der Waals surface area contributed by atoms with Crippen LogP contribution in [0, 0.1) is 0 Å². The van der Waals surface area contributed by atoms with Crippen LogP contribution < -0.4 is 0 Å². The molecule has 0 radical (unpaired) electrons. The number of aryl methyl sites for hydroxylation is 1. The Morgan fingerprint density at radius 1 is 1.05 bits per heavy atom. The fourth-order valence-electron chi connectivity index (χ4n) is 2.52. The van der Waals surface area contributed by atoms with E-state index >= 15 is 0 Å². The molecule has 0 bridgehead atoms. The molecule has 0 aliphatic rings. The minimum Gasteiger partial charge on any atom is -0.465 e. The van der Waals surface area contributed by atoms with Gasteiger partial charge < -0.3 is 9.30 Å². The van der Waals surface area contributed by atoms with E-state index in [2.05, 4.69) is 11.9 Å². The summed E-state index contributed by atoms with van der Waals surface area (Å²) in [7, 11) is 1.89. The highest BCUT2D eigenvalue weighted by Gasteiger charge is 2.08. The highest BCUT2D eigenvalue weighted by atomic mass is 16.5. The molecular weight excluding hydrogens is 276 g/mol. The lowest BCUT2D eigenvalue weighted by atomic mass is 10.1. The minimum absolute atomic E-state index is 0.176. The first kappa shape index (κ1) is 18.7. The SMILES string of the molecule is CCCCCCCCCCCCOC(=O)Cc1nccn1C. The van der Waals surface area contributed by atoms with Crippen molar-refractivity contribution in [2.45, 2.75) is 77.6 Å². The standard InChI is InChI=1S/C18H32N2O2/c1-3-4-5-6-7-8-9-10-11-12-15-22-18(21)16-17-19-13-14-20(17)2/h13-14H,3-12,15-16H2,1-2H3. The Balaban J connectivity index is 1.87. The van der Waals surface area contributed by atoms with E-state index in [-0.39, 0.29) is 12.4 Å². The van der Waals surface area contributed by atoms with Gasteiger partial charge in [0.25, 0.3) is 0 Å². The monoisotopic (exact) mass is 308 g/mol. The molecule has 126 valence electrons. The highest BCUT2D eigenvalue weighted by Crippen LogP contribution is 2.10. The van der Waals surface area contributed by atoms with Gasteiger partial charge in [0.2, 0.25) is 0 Å². The summed E-state index contributed by atoms with van der Waals surface area (Å²) in [5.41, 5.74) is 0. The first-order chi connectivity index (χ1) is 10.7. The van der Waals surface area contributed by atoms with Crippen molar-refractivity contribution in [3.05, 3.63) is 18.2 Å².